The van der Waals surface area contributed by atoms with Gasteiger partial charge in [-0.3, -0.25) is 9.59 Å². The lowest BCUT2D eigenvalue weighted by atomic mass is 10.0. The number of anilines is 1. The third-order valence-electron chi connectivity index (χ3n) is 2.34. The molecule has 1 aromatic carbocycles. The molecule has 0 aliphatic heterocycles. The van der Waals surface area contributed by atoms with E-state index in [0.717, 1.165) is 0 Å². The molecule has 0 heterocycles. The van der Waals surface area contributed by atoms with E-state index >= 15 is 0 Å². The molecule has 2 amide bonds. The molecule has 0 saturated heterocycles. The fourth-order valence-electron chi connectivity index (χ4n) is 1.53. The molecule has 19 heavy (non-hydrogen) atoms. The topological polar surface area (TPSA) is 84.2 Å². The molecule has 0 fully saturated rings. The molecule has 0 bridgehead atoms. The standard InChI is InChI=1S/C13H18ClN3O2/c1-13(2,15)7-11(18)17-8-4-5-10(14)9(6-8)12(19)16-3/h4-6H,7,15H2,1-3H3,(H,16,19)(H,17,18). The molecule has 6 heteroatoms. The van der Waals surface area contributed by atoms with Crippen LogP contribution in [0.1, 0.15) is 30.6 Å². The summed E-state index contributed by atoms with van der Waals surface area (Å²) in [6, 6.07) is 4.73. The normalized spacial score (nSPS) is 11.0. The number of hydrogen-bond donors (Lipinski definition) is 3. The smallest absolute Gasteiger partial charge is 0.252 e. The minimum Gasteiger partial charge on any atom is -0.355 e. The number of carbonyl (C=O) groups excluding carboxylic acids is 2. The largest absolute Gasteiger partial charge is 0.355 e. The van der Waals surface area contributed by atoms with Gasteiger partial charge in [-0.15, -0.1) is 0 Å². The van der Waals surface area contributed by atoms with Crippen LogP contribution < -0.4 is 16.4 Å². The van der Waals surface area contributed by atoms with Gasteiger partial charge in [0.2, 0.25) is 5.91 Å². The first-order chi connectivity index (χ1) is 8.73. The van der Waals surface area contributed by atoms with Gasteiger partial charge >= 0.3 is 0 Å². The van der Waals surface area contributed by atoms with Gasteiger partial charge in [0.15, 0.2) is 0 Å². The quantitative estimate of drug-likeness (QED) is 0.787. The molecule has 0 atom stereocenters. The van der Waals surface area contributed by atoms with E-state index in [-0.39, 0.29) is 18.2 Å². The van der Waals surface area contributed by atoms with Crippen molar-refractivity contribution >= 4 is 29.1 Å². The van der Waals surface area contributed by atoms with Crippen LogP contribution in [0, 0.1) is 0 Å². The van der Waals surface area contributed by atoms with Gasteiger partial charge in [0.25, 0.3) is 5.91 Å². The van der Waals surface area contributed by atoms with Crippen molar-refractivity contribution in [3.8, 4) is 0 Å². The first-order valence-corrected chi connectivity index (χ1v) is 6.21. The Labute approximate surface area is 117 Å². The summed E-state index contributed by atoms with van der Waals surface area (Å²) in [5.41, 5.74) is 6.01. The highest BCUT2D eigenvalue weighted by Gasteiger charge is 2.17. The number of rotatable bonds is 4. The van der Waals surface area contributed by atoms with Crippen LogP contribution >= 0.6 is 11.6 Å². The monoisotopic (exact) mass is 283 g/mol. The first kappa shape index (κ1) is 15.5. The summed E-state index contributed by atoms with van der Waals surface area (Å²) in [6.45, 7) is 3.54. The van der Waals surface area contributed by atoms with Crippen LogP contribution in [0.25, 0.3) is 0 Å². The fourth-order valence-corrected chi connectivity index (χ4v) is 1.73. The second-order valence-electron chi connectivity index (χ2n) is 4.99. The van der Waals surface area contributed by atoms with E-state index in [9.17, 15) is 9.59 Å². The average molecular weight is 284 g/mol. The molecule has 104 valence electrons. The molecule has 0 aliphatic rings. The molecule has 0 aliphatic carbocycles. The third kappa shape index (κ3) is 4.89. The number of nitrogens with one attached hydrogen (secondary N) is 2. The lowest BCUT2D eigenvalue weighted by Gasteiger charge is -2.17. The van der Waals surface area contributed by atoms with E-state index in [1.165, 1.54) is 13.1 Å². The van der Waals surface area contributed by atoms with E-state index in [4.69, 9.17) is 17.3 Å². The molecule has 4 N–H and O–H groups in total. The molecule has 0 radical (unpaired) electrons. The third-order valence-corrected chi connectivity index (χ3v) is 2.67. The number of amides is 2. The zero-order chi connectivity index (χ0) is 14.6. The number of nitrogens with two attached hydrogens (primary N) is 1. The highest BCUT2D eigenvalue weighted by molar-refractivity contribution is 6.34. The molecule has 0 spiro atoms. The van der Waals surface area contributed by atoms with E-state index in [0.29, 0.717) is 16.3 Å². The van der Waals surface area contributed by atoms with Crippen molar-refractivity contribution in [2.75, 3.05) is 12.4 Å². The Hall–Kier alpha value is -1.59. The van der Waals surface area contributed by atoms with Gasteiger partial charge in [-0.2, -0.15) is 0 Å². The maximum absolute atomic E-state index is 11.7. The summed E-state index contributed by atoms with van der Waals surface area (Å²) in [6.07, 6.45) is 0.185. The molecule has 1 rings (SSSR count). The molecule has 5 nitrogen and oxygen atoms in total. The van der Waals surface area contributed by atoms with Crippen LogP contribution in [0.2, 0.25) is 5.02 Å². The van der Waals surface area contributed by atoms with Crippen molar-refractivity contribution in [3.63, 3.8) is 0 Å². The van der Waals surface area contributed by atoms with Crippen LogP contribution in [0.3, 0.4) is 0 Å². The minimum atomic E-state index is -0.583. The van der Waals surface area contributed by atoms with E-state index in [2.05, 4.69) is 10.6 Å². The van der Waals surface area contributed by atoms with Gasteiger partial charge in [0.05, 0.1) is 10.6 Å². The highest BCUT2D eigenvalue weighted by atomic mass is 35.5. The van der Waals surface area contributed by atoms with Crippen molar-refractivity contribution in [2.24, 2.45) is 5.73 Å². The van der Waals surface area contributed by atoms with Crippen molar-refractivity contribution in [2.45, 2.75) is 25.8 Å². The first-order valence-electron chi connectivity index (χ1n) is 5.83. The Balaban J connectivity index is 2.86. The van der Waals surface area contributed by atoms with Crippen LogP contribution in [0.4, 0.5) is 5.69 Å². The van der Waals surface area contributed by atoms with Gasteiger partial charge < -0.3 is 16.4 Å². The Morgan fingerprint density at radius 1 is 1.37 bits per heavy atom. The van der Waals surface area contributed by atoms with Gasteiger partial charge in [0, 0.05) is 24.7 Å². The van der Waals surface area contributed by atoms with E-state index < -0.39 is 5.54 Å². The molecule has 0 aromatic heterocycles. The molecule has 0 unspecified atom stereocenters. The maximum Gasteiger partial charge on any atom is 0.252 e. The summed E-state index contributed by atoms with van der Waals surface area (Å²) in [5, 5.41) is 5.50. The zero-order valence-electron chi connectivity index (χ0n) is 11.2. The molecular formula is C13H18ClN3O2. The number of carbonyl (C=O) groups is 2. The van der Waals surface area contributed by atoms with Crippen LogP contribution in [-0.4, -0.2) is 24.4 Å². The van der Waals surface area contributed by atoms with Crippen LogP contribution in [-0.2, 0) is 4.79 Å². The number of benzene rings is 1. The second-order valence-corrected chi connectivity index (χ2v) is 5.39. The van der Waals surface area contributed by atoms with Crippen molar-refractivity contribution in [1.29, 1.82) is 0 Å². The van der Waals surface area contributed by atoms with Crippen molar-refractivity contribution in [1.82, 2.24) is 5.32 Å². The van der Waals surface area contributed by atoms with Gasteiger partial charge in [-0.1, -0.05) is 11.6 Å². The Morgan fingerprint density at radius 3 is 2.53 bits per heavy atom. The lowest BCUT2D eigenvalue weighted by molar-refractivity contribution is -0.117. The Kier molecular flexibility index (Phi) is 4.91. The summed E-state index contributed by atoms with van der Waals surface area (Å²) in [7, 11) is 1.51. The van der Waals surface area contributed by atoms with Crippen LogP contribution in [0.15, 0.2) is 18.2 Å². The van der Waals surface area contributed by atoms with Gasteiger partial charge in [0.1, 0.15) is 0 Å². The Morgan fingerprint density at radius 2 is 2.00 bits per heavy atom. The maximum atomic E-state index is 11.7. The average Bonchev–Trinajstić information content (AvgIpc) is 2.28. The fraction of sp³-hybridized carbons (Fsp3) is 0.385. The molecule has 1 aromatic rings. The van der Waals surface area contributed by atoms with Gasteiger partial charge in [-0.05, 0) is 32.0 Å². The summed E-state index contributed by atoms with van der Waals surface area (Å²) in [4.78, 5) is 23.3. The zero-order valence-corrected chi connectivity index (χ0v) is 12.0. The summed E-state index contributed by atoms with van der Waals surface area (Å²) in [5.74, 6) is -0.516. The van der Waals surface area contributed by atoms with Crippen molar-refractivity contribution < 1.29 is 9.59 Å². The molecular weight excluding hydrogens is 266 g/mol. The van der Waals surface area contributed by atoms with Crippen LogP contribution in [0.5, 0.6) is 0 Å². The SMILES string of the molecule is CNC(=O)c1cc(NC(=O)CC(C)(C)N)ccc1Cl. The second kappa shape index (κ2) is 6.04. The van der Waals surface area contributed by atoms with Gasteiger partial charge in [-0.25, -0.2) is 0 Å². The number of hydrogen-bond acceptors (Lipinski definition) is 3. The predicted octanol–water partition coefficient (Wildman–Crippen LogP) is 1.77. The lowest BCUT2D eigenvalue weighted by Crippen LogP contribution is -2.36. The van der Waals surface area contributed by atoms with Crippen molar-refractivity contribution in [3.05, 3.63) is 28.8 Å². The predicted molar refractivity (Wildman–Crippen MR) is 76.4 cm³/mol. The van der Waals surface area contributed by atoms with E-state index in [1.54, 1.807) is 26.0 Å². The number of halogens is 1. The highest BCUT2D eigenvalue weighted by Crippen LogP contribution is 2.21. The molecule has 0 saturated carbocycles. The minimum absolute atomic E-state index is 0.185. The summed E-state index contributed by atoms with van der Waals surface area (Å²) < 4.78 is 0. The van der Waals surface area contributed by atoms with E-state index in [1.807, 2.05) is 0 Å². The summed E-state index contributed by atoms with van der Waals surface area (Å²) >= 11 is 5.92. The Bertz CT molecular complexity index is 495.